The van der Waals surface area contributed by atoms with Gasteiger partial charge in [0.25, 0.3) is 0 Å². The molecule has 0 aromatic heterocycles. The van der Waals surface area contributed by atoms with E-state index < -0.39 is 0 Å². The van der Waals surface area contributed by atoms with Gasteiger partial charge in [-0.25, -0.2) is 0 Å². The first-order chi connectivity index (χ1) is 7.74. The number of amides is 1. The van der Waals surface area contributed by atoms with Gasteiger partial charge in [0.05, 0.1) is 6.54 Å². The Hall–Kier alpha value is -1.22. The molecule has 0 bridgehead atoms. The number of hydrogen-bond acceptors (Lipinski definition) is 2. The molecular formula is C12H15ClN2O. The van der Waals surface area contributed by atoms with Crippen LogP contribution in [0.1, 0.15) is 12.8 Å². The van der Waals surface area contributed by atoms with Gasteiger partial charge in [-0.15, -0.1) is 0 Å². The summed E-state index contributed by atoms with van der Waals surface area (Å²) in [5.74, 6) is 0.752. The fourth-order valence-electron chi connectivity index (χ4n) is 1.42. The number of hydrogen-bond donors (Lipinski definition) is 2. The average Bonchev–Trinajstić information content (AvgIpc) is 3.07. The maximum absolute atomic E-state index is 11.4. The molecule has 1 saturated carbocycles. The Morgan fingerprint density at radius 3 is 2.94 bits per heavy atom. The molecular weight excluding hydrogens is 224 g/mol. The molecule has 1 amide bonds. The fraction of sp³-hybridized carbons (Fsp3) is 0.417. The first-order valence-electron chi connectivity index (χ1n) is 5.50. The van der Waals surface area contributed by atoms with Crippen LogP contribution in [0.4, 0.5) is 5.69 Å². The second kappa shape index (κ2) is 5.21. The van der Waals surface area contributed by atoms with Crippen molar-refractivity contribution in [2.45, 2.75) is 12.8 Å². The summed E-state index contributed by atoms with van der Waals surface area (Å²) in [5, 5.41) is 6.60. The lowest BCUT2D eigenvalue weighted by molar-refractivity contribution is -0.119. The topological polar surface area (TPSA) is 41.1 Å². The Bertz CT molecular complexity index is 377. The molecule has 1 aromatic rings. The van der Waals surface area contributed by atoms with E-state index in [0.29, 0.717) is 11.6 Å². The van der Waals surface area contributed by atoms with Gasteiger partial charge < -0.3 is 10.6 Å². The molecule has 0 heterocycles. The zero-order valence-electron chi connectivity index (χ0n) is 9.00. The Balaban J connectivity index is 1.71. The number of carbonyl (C=O) groups excluding carboxylic acids is 1. The first-order valence-corrected chi connectivity index (χ1v) is 5.88. The van der Waals surface area contributed by atoms with E-state index in [0.717, 1.165) is 18.2 Å². The lowest BCUT2D eigenvalue weighted by Gasteiger charge is -2.07. The van der Waals surface area contributed by atoms with Gasteiger partial charge in [-0.05, 0) is 37.0 Å². The maximum atomic E-state index is 11.4. The summed E-state index contributed by atoms with van der Waals surface area (Å²) >= 11 is 5.83. The summed E-state index contributed by atoms with van der Waals surface area (Å²) in [5.41, 5.74) is 0.870. The van der Waals surface area contributed by atoms with Crippen LogP contribution in [0.3, 0.4) is 0 Å². The maximum Gasteiger partial charge on any atom is 0.239 e. The summed E-state index contributed by atoms with van der Waals surface area (Å²) in [4.78, 5) is 11.4. The van der Waals surface area contributed by atoms with Crippen molar-refractivity contribution in [3.63, 3.8) is 0 Å². The van der Waals surface area contributed by atoms with E-state index in [1.54, 1.807) is 12.1 Å². The van der Waals surface area contributed by atoms with Gasteiger partial charge in [-0.1, -0.05) is 17.7 Å². The van der Waals surface area contributed by atoms with Crippen LogP contribution in [0.2, 0.25) is 5.02 Å². The van der Waals surface area contributed by atoms with Crippen LogP contribution in [0, 0.1) is 5.92 Å². The largest absolute Gasteiger partial charge is 0.376 e. The Labute approximate surface area is 100 Å². The summed E-state index contributed by atoms with van der Waals surface area (Å²) in [6, 6.07) is 7.35. The van der Waals surface area contributed by atoms with Crippen LogP contribution in [0.5, 0.6) is 0 Å². The van der Waals surface area contributed by atoms with E-state index in [1.165, 1.54) is 12.8 Å². The van der Waals surface area contributed by atoms with Crippen LogP contribution in [0.25, 0.3) is 0 Å². The molecule has 1 aliphatic rings. The molecule has 0 radical (unpaired) electrons. The number of anilines is 1. The van der Waals surface area contributed by atoms with E-state index in [-0.39, 0.29) is 5.91 Å². The van der Waals surface area contributed by atoms with Crippen LogP contribution >= 0.6 is 11.6 Å². The molecule has 2 rings (SSSR count). The first kappa shape index (κ1) is 11.3. The van der Waals surface area contributed by atoms with E-state index in [1.807, 2.05) is 12.1 Å². The highest BCUT2D eigenvalue weighted by Crippen LogP contribution is 2.27. The number of nitrogens with one attached hydrogen (secondary N) is 2. The third-order valence-electron chi connectivity index (χ3n) is 2.56. The van der Waals surface area contributed by atoms with E-state index in [2.05, 4.69) is 10.6 Å². The van der Waals surface area contributed by atoms with Gasteiger partial charge in [0.2, 0.25) is 5.91 Å². The van der Waals surface area contributed by atoms with Crippen LogP contribution < -0.4 is 10.6 Å². The third-order valence-corrected chi connectivity index (χ3v) is 2.80. The molecule has 1 aliphatic carbocycles. The van der Waals surface area contributed by atoms with Crippen molar-refractivity contribution in [2.75, 3.05) is 18.4 Å². The second-order valence-corrected chi connectivity index (χ2v) is 4.55. The summed E-state index contributed by atoms with van der Waals surface area (Å²) in [7, 11) is 0. The second-order valence-electron chi connectivity index (χ2n) is 4.11. The van der Waals surface area contributed by atoms with Gasteiger partial charge in [0.1, 0.15) is 0 Å². The Morgan fingerprint density at radius 1 is 1.44 bits per heavy atom. The zero-order valence-corrected chi connectivity index (χ0v) is 9.76. The third kappa shape index (κ3) is 3.74. The summed E-state index contributed by atoms with van der Waals surface area (Å²) < 4.78 is 0. The molecule has 0 saturated heterocycles. The molecule has 86 valence electrons. The van der Waals surface area contributed by atoms with Gasteiger partial charge in [-0.3, -0.25) is 4.79 Å². The quantitative estimate of drug-likeness (QED) is 0.827. The minimum Gasteiger partial charge on any atom is -0.376 e. The summed E-state index contributed by atoms with van der Waals surface area (Å²) in [6.45, 7) is 1.11. The van der Waals surface area contributed by atoms with Gasteiger partial charge in [0.15, 0.2) is 0 Å². The SMILES string of the molecule is O=C(CNc1cccc(Cl)c1)NCC1CC1. The van der Waals surface area contributed by atoms with Crippen molar-refractivity contribution in [2.24, 2.45) is 5.92 Å². The van der Waals surface area contributed by atoms with Crippen molar-refractivity contribution in [1.82, 2.24) is 5.32 Å². The standard InChI is InChI=1S/C12H15ClN2O/c13-10-2-1-3-11(6-10)14-8-12(16)15-7-9-4-5-9/h1-3,6,9,14H,4-5,7-8H2,(H,15,16). The van der Waals surface area contributed by atoms with Crippen molar-refractivity contribution < 1.29 is 4.79 Å². The van der Waals surface area contributed by atoms with Crippen LogP contribution in [-0.4, -0.2) is 19.0 Å². The molecule has 0 spiro atoms. The highest BCUT2D eigenvalue weighted by atomic mass is 35.5. The van der Waals surface area contributed by atoms with Gasteiger partial charge >= 0.3 is 0 Å². The highest BCUT2D eigenvalue weighted by Gasteiger charge is 2.21. The van der Waals surface area contributed by atoms with Crippen LogP contribution in [-0.2, 0) is 4.79 Å². The lowest BCUT2D eigenvalue weighted by Crippen LogP contribution is -2.31. The zero-order chi connectivity index (χ0) is 11.4. The smallest absolute Gasteiger partial charge is 0.239 e. The Kier molecular flexibility index (Phi) is 3.67. The van der Waals surface area contributed by atoms with Crippen molar-refractivity contribution in [3.8, 4) is 0 Å². The molecule has 4 heteroatoms. The normalized spacial score (nSPS) is 14.6. The predicted molar refractivity (Wildman–Crippen MR) is 65.7 cm³/mol. The number of rotatable bonds is 5. The van der Waals surface area contributed by atoms with E-state index in [9.17, 15) is 4.79 Å². The molecule has 0 aliphatic heterocycles. The predicted octanol–water partition coefficient (Wildman–Crippen LogP) is 2.28. The summed E-state index contributed by atoms with van der Waals surface area (Å²) in [6.07, 6.45) is 2.50. The number of halogens is 1. The van der Waals surface area contributed by atoms with Crippen LogP contribution in [0.15, 0.2) is 24.3 Å². The molecule has 3 nitrogen and oxygen atoms in total. The van der Waals surface area contributed by atoms with Crippen molar-refractivity contribution in [3.05, 3.63) is 29.3 Å². The molecule has 2 N–H and O–H groups in total. The minimum atomic E-state index is 0.0341. The highest BCUT2D eigenvalue weighted by molar-refractivity contribution is 6.30. The van der Waals surface area contributed by atoms with E-state index >= 15 is 0 Å². The molecule has 1 fully saturated rings. The monoisotopic (exact) mass is 238 g/mol. The number of carbonyl (C=O) groups is 1. The molecule has 1 aromatic carbocycles. The van der Waals surface area contributed by atoms with Crippen molar-refractivity contribution >= 4 is 23.2 Å². The van der Waals surface area contributed by atoms with Gasteiger partial charge in [-0.2, -0.15) is 0 Å². The van der Waals surface area contributed by atoms with Gasteiger partial charge in [0, 0.05) is 17.3 Å². The van der Waals surface area contributed by atoms with E-state index in [4.69, 9.17) is 11.6 Å². The average molecular weight is 239 g/mol. The molecule has 16 heavy (non-hydrogen) atoms. The fourth-order valence-corrected chi connectivity index (χ4v) is 1.61. The van der Waals surface area contributed by atoms with Crippen molar-refractivity contribution in [1.29, 1.82) is 0 Å². The molecule has 0 unspecified atom stereocenters. The minimum absolute atomic E-state index is 0.0341. The number of benzene rings is 1. The Morgan fingerprint density at radius 2 is 2.25 bits per heavy atom. The molecule has 0 atom stereocenters. The lowest BCUT2D eigenvalue weighted by atomic mass is 10.3.